The van der Waals surface area contributed by atoms with Gasteiger partial charge in [0.15, 0.2) is 0 Å². The third-order valence-electron chi connectivity index (χ3n) is 2.12. The van der Waals surface area contributed by atoms with E-state index in [1.165, 1.54) is 12.4 Å². The van der Waals surface area contributed by atoms with Crippen LogP contribution in [-0.2, 0) is 6.18 Å². The van der Waals surface area contributed by atoms with Crippen molar-refractivity contribution in [2.24, 2.45) is 0 Å². The Balaban J connectivity index is 2.34. The molecular weight excluding hydrogens is 284 g/mol. The zero-order chi connectivity index (χ0) is 14.0. The van der Waals surface area contributed by atoms with Gasteiger partial charge in [-0.05, 0) is 18.2 Å². The second-order valence-corrected chi connectivity index (χ2v) is 3.91. The van der Waals surface area contributed by atoms with E-state index in [0.717, 1.165) is 6.07 Å². The third-order valence-corrected chi connectivity index (χ3v) is 2.35. The van der Waals surface area contributed by atoms with E-state index < -0.39 is 17.6 Å². The number of aromatic amines is 1. The monoisotopic (exact) mass is 290 g/mol. The molecule has 0 amide bonds. The molecule has 0 spiro atoms. The summed E-state index contributed by atoms with van der Waals surface area (Å²) < 4.78 is 55.9. The maximum absolute atomic E-state index is 13.1. The minimum absolute atomic E-state index is 0.111. The van der Waals surface area contributed by atoms with Crippen LogP contribution >= 0.6 is 12.2 Å². The molecule has 19 heavy (non-hydrogen) atoms. The van der Waals surface area contributed by atoms with Gasteiger partial charge >= 0.3 is 6.18 Å². The Morgan fingerprint density at radius 2 is 1.95 bits per heavy atom. The first-order chi connectivity index (χ1) is 8.86. The molecule has 0 aliphatic heterocycles. The second-order valence-electron chi connectivity index (χ2n) is 3.49. The molecule has 1 aromatic carbocycles. The molecule has 0 aliphatic carbocycles. The number of benzene rings is 1. The van der Waals surface area contributed by atoms with Crippen molar-refractivity contribution in [3.8, 4) is 11.6 Å². The van der Waals surface area contributed by atoms with Crippen molar-refractivity contribution < 1.29 is 22.3 Å². The molecule has 0 saturated heterocycles. The van der Waals surface area contributed by atoms with Gasteiger partial charge in [0.25, 0.3) is 0 Å². The molecule has 0 radical (unpaired) electrons. The van der Waals surface area contributed by atoms with E-state index in [4.69, 9.17) is 17.0 Å². The lowest BCUT2D eigenvalue weighted by atomic mass is 10.2. The average molecular weight is 290 g/mol. The highest BCUT2D eigenvalue weighted by Gasteiger charge is 2.34. The summed E-state index contributed by atoms with van der Waals surface area (Å²) >= 11 is 4.77. The van der Waals surface area contributed by atoms with E-state index in [1.807, 2.05) is 0 Å². The van der Waals surface area contributed by atoms with Crippen LogP contribution < -0.4 is 4.74 Å². The quantitative estimate of drug-likeness (QED) is 0.668. The summed E-state index contributed by atoms with van der Waals surface area (Å²) in [5, 5.41) is 0. The van der Waals surface area contributed by atoms with Crippen LogP contribution in [0.2, 0.25) is 0 Å². The SMILES string of the molecule is Fc1ccc(Oc2cc(=S)nc[nH]2)cc1C(F)(F)F. The zero-order valence-corrected chi connectivity index (χ0v) is 9.98. The van der Waals surface area contributed by atoms with E-state index in [1.54, 1.807) is 0 Å². The molecule has 2 rings (SSSR count). The van der Waals surface area contributed by atoms with Crippen molar-refractivity contribution >= 4 is 12.2 Å². The van der Waals surface area contributed by atoms with Crippen molar-refractivity contribution in [2.45, 2.75) is 6.18 Å². The molecule has 100 valence electrons. The lowest BCUT2D eigenvalue weighted by Gasteiger charge is -2.10. The maximum atomic E-state index is 13.1. The number of alkyl halides is 3. The first-order valence-electron chi connectivity index (χ1n) is 4.95. The van der Waals surface area contributed by atoms with E-state index in [2.05, 4.69) is 9.97 Å². The third kappa shape index (κ3) is 3.28. The number of ether oxygens (including phenoxy) is 1. The smallest absolute Gasteiger partial charge is 0.419 e. The number of nitrogens with one attached hydrogen (secondary N) is 1. The van der Waals surface area contributed by atoms with Crippen LogP contribution in [0.3, 0.4) is 0 Å². The van der Waals surface area contributed by atoms with Crippen molar-refractivity contribution in [3.63, 3.8) is 0 Å². The van der Waals surface area contributed by atoms with Crippen LogP contribution in [0.25, 0.3) is 0 Å². The van der Waals surface area contributed by atoms with E-state index in [0.29, 0.717) is 12.1 Å². The molecule has 1 aromatic heterocycles. The summed E-state index contributed by atoms with van der Waals surface area (Å²) in [6.07, 6.45) is -3.54. The first kappa shape index (κ1) is 13.5. The minimum Gasteiger partial charge on any atom is -0.441 e. The predicted molar refractivity (Wildman–Crippen MR) is 60.9 cm³/mol. The number of halogens is 4. The lowest BCUT2D eigenvalue weighted by Crippen LogP contribution is -2.08. The van der Waals surface area contributed by atoms with Gasteiger partial charge in [-0.15, -0.1) is 0 Å². The van der Waals surface area contributed by atoms with Gasteiger partial charge in [0, 0.05) is 6.07 Å². The Morgan fingerprint density at radius 3 is 2.58 bits per heavy atom. The molecule has 0 unspecified atom stereocenters. The molecule has 0 atom stereocenters. The molecule has 2 aromatic rings. The summed E-state index contributed by atoms with van der Waals surface area (Å²) in [5.41, 5.74) is -1.39. The second kappa shape index (κ2) is 4.96. The summed E-state index contributed by atoms with van der Waals surface area (Å²) in [5.74, 6) is -1.41. The van der Waals surface area contributed by atoms with E-state index in [-0.39, 0.29) is 16.3 Å². The maximum Gasteiger partial charge on any atom is 0.419 e. The molecule has 0 bridgehead atoms. The zero-order valence-electron chi connectivity index (χ0n) is 9.16. The fourth-order valence-electron chi connectivity index (χ4n) is 1.32. The van der Waals surface area contributed by atoms with Gasteiger partial charge in [-0.25, -0.2) is 9.37 Å². The van der Waals surface area contributed by atoms with Gasteiger partial charge in [0.2, 0.25) is 5.88 Å². The molecular formula is C11H6F4N2OS. The molecule has 0 saturated carbocycles. The summed E-state index contributed by atoms with van der Waals surface area (Å²) in [6.45, 7) is 0. The summed E-state index contributed by atoms with van der Waals surface area (Å²) in [4.78, 5) is 6.25. The van der Waals surface area contributed by atoms with Gasteiger partial charge in [0.1, 0.15) is 16.2 Å². The number of nitrogens with zero attached hydrogens (tertiary/aromatic N) is 1. The Hall–Kier alpha value is -1.96. The van der Waals surface area contributed by atoms with Crippen LogP contribution in [0, 0.1) is 10.5 Å². The number of hydrogen-bond acceptors (Lipinski definition) is 3. The van der Waals surface area contributed by atoms with Crippen LogP contribution in [0.4, 0.5) is 17.6 Å². The van der Waals surface area contributed by atoms with Crippen molar-refractivity contribution in [1.82, 2.24) is 9.97 Å². The van der Waals surface area contributed by atoms with Crippen LogP contribution in [0.15, 0.2) is 30.6 Å². The Labute approximate surface area is 109 Å². The molecule has 3 nitrogen and oxygen atoms in total. The molecule has 1 heterocycles. The van der Waals surface area contributed by atoms with Crippen LogP contribution in [-0.4, -0.2) is 9.97 Å². The summed E-state index contributed by atoms with van der Waals surface area (Å²) in [7, 11) is 0. The highest BCUT2D eigenvalue weighted by atomic mass is 32.1. The molecule has 0 fully saturated rings. The lowest BCUT2D eigenvalue weighted by molar-refractivity contribution is -0.140. The fourth-order valence-corrected chi connectivity index (χ4v) is 1.48. The van der Waals surface area contributed by atoms with Crippen LogP contribution in [0.1, 0.15) is 5.56 Å². The van der Waals surface area contributed by atoms with E-state index >= 15 is 0 Å². The topological polar surface area (TPSA) is 37.9 Å². The molecule has 8 heteroatoms. The Bertz CT molecular complexity index is 654. The average Bonchev–Trinajstić information content (AvgIpc) is 2.30. The molecule has 0 aliphatic rings. The highest BCUT2D eigenvalue weighted by molar-refractivity contribution is 7.71. The first-order valence-corrected chi connectivity index (χ1v) is 5.36. The van der Waals surface area contributed by atoms with Crippen molar-refractivity contribution in [1.29, 1.82) is 0 Å². The van der Waals surface area contributed by atoms with Crippen LogP contribution in [0.5, 0.6) is 11.6 Å². The largest absolute Gasteiger partial charge is 0.441 e. The normalized spacial score (nSPS) is 11.4. The van der Waals surface area contributed by atoms with E-state index in [9.17, 15) is 17.6 Å². The summed E-state index contributed by atoms with van der Waals surface area (Å²) in [6, 6.07) is 3.68. The number of aromatic nitrogens is 2. The van der Waals surface area contributed by atoms with Gasteiger partial charge < -0.3 is 9.72 Å². The fraction of sp³-hybridized carbons (Fsp3) is 0.0909. The highest BCUT2D eigenvalue weighted by Crippen LogP contribution is 2.34. The Kier molecular flexibility index (Phi) is 3.52. The molecule has 1 N–H and O–H groups in total. The Morgan fingerprint density at radius 1 is 1.21 bits per heavy atom. The number of H-pyrrole nitrogens is 1. The van der Waals surface area contributed by atoms with Gasteiger partial charge in [0.05, 0.1) is 11.9 Å². The predicted octanol–water partition coefficient (Wildman–Crippen LogP) is 4.09. The van der Waals surface area contributed by atoms with Gasteiger partial charge in [-0.2, -0.15) is 13.2 Å². The number of hydrogen-bond donors (Lipinski definition) is 1. The minimum atomic E-state index is -4.78. The van der Waals surface area contributed by atoms with Crippen molar-refractivity contribution in [3.05, 3.63) is 46.6 Å². The number of rotatable bonds is 2. The van der Waals surface area contributed by atoms with Gasteiger partial charge in [-0.1, -0.05) is 12.2 Å². The standard InChI is InChI=1S/C11H6F4N2OS/c12-8-2-1-6(3-7(8)11(13,14)15)18-9-4-10(19)17-5-16-9/h1-5H,(H,16,17,19). The van der Waals surface area contributed by atoms with Crippen molar-refractivity contribution in [2.75, 3.05) is 0 Å². The van der Waals surface area contributed by atoms with Gasteiger partial charge in [-0.3, -0.25) is 0 Å².